The summed E-state index contributed by atoms with van der Waals surface area (Å²) in [4.78, 5) is 23.5. The zero-order valence-electron chi connectivity index (χ0n) is 14.0. The summed E-state index contributed by atoms with van der Waals surface area (Å²) in [5, 5.41) is 2.72. The number of ether oxygens (including phenoxy) is 1. The van der Waals surface area contributed by atoms with Crippen LogP contribution >= 0.6 is 0 Å². The Morgan fingerprint density at radius 2 is 1.80 bits per heavy atom. The molecule has 0 saturated carbocycles. The van der Waals surface area contributed by atoms with Crippen molar-refractivity contribution in [2.75, 3.05) is 12.4 Å². The van der Waals surface area contributed by atoms with Crippen molar-refractivity contribution in [3.63, 3.8) is 0 Å². The molecule has 0 fully saturated rings. The number of benzene rings is 2. The number of hydrogen-bond acceptors (Lipinski definition) is 3. The van der Waals surface area contributed by atoms with Crippen molar-refractivity contribution in [1.82, 2.24) is 4.57 Å². The summed E-state index contributed by atoms with van der Waals surface area (Å²) in [6, 6.07) is 18.1. The molecule has 5 nitrogen and oxygen atoms in total. The zero-order valence-corrected chi connectivity index (χ0v) is 14.0. The quantitative estimate of drug-likeness (QED) is 0.795. The van der Waals surface area contributed by atoms with Gasteiger partial charge < -0.3 is 10.1 Å². The number of amides is 1. The molecule has 0 radical (unpaired) electrons. The number of anilines is 1. The average molecular weight is 334 g/mol. The van der Waals surface area contributed by atoms with Gasteiger partial charge in [0.1, 0.15) is 5.75 Å². The van der Waals surface area contributed by atoms with Crippen molar-refractivity contribution >= 4 is 11.6 Å². The van der Waals surface area contributed by atoms with Gasteiger partial charge in [-0.2, -0.15) is 0 Å². The lowest BCUT2D eigenvalue weighted by Crippen LogP contribution is -2.16. The predicted molar refractivity (Wildman–Crippen MR) is 98.3 cm³/mol. The van der Waals surface area contributed by atoms with Crippen LogP contribution in [0.2, 0.25) is 0 Å². The fourth-order valence-electron chi connectivity index (χ4n) is 2.60. The zero-order chi connectivity index (χ0) is 17.8. The molecule has 25 heavy (non-hydrogen) atoms. The standard InChI is InChI=1S/C20H18N2O3/c1-14(23)21-17-6-4-7-18(12-17)22-13-16(9-10-20(22)24)15-5-3-8-19(11-15)25-2/h3-13H,1-2H3,(H,21,23). The third kappa shape index (κ3) is 3.77. The van der Waals surface area contributed by atoms with Gasteiger partial charge in [-0.25, -0.2) is 0 Å². The highest BCUT2D eigenvalue weighted by molar-refractivity contribution is 5.88. The molecule has 0 bridgehead atoms. The van der Waals surface area contributed by atoms with Crippen molar-refractivity contribution in [3.05, 3.63) is 77.2 Å². The summed E-state index contributed by atoms with van der Waals surface area (Å²) in [5.41, 5.74) is 3.02. The van der Waals surface area contributed by atoms with E-state index in [4.69, 9.17) is 4.74 Å². The van der Waals surface area contributed by atoms with E-state index in [1.807, 2.05) is 30.3 Å². The highest BCUT2D eigenvalue weighted by atomic mass is 16.5. The Morgan fingerprint density at radius 1 is 1.00 bits per heavy atom. The Morgan fingerprint density at radius 3 is 2.56 bits per heavy atom. The van der Waals surface area contributed by atoms with E-state index in [9.17, 15) is 9.59 Å². The molecule has 0 aliphatic rings. The van der Waals surface area contributed by atoms with E-state index in [1.54, 1.807) is 42.1 Å². The molecule has 1 heterocycles. The average Bonchev–Trinajstić information content (AvgIpc) is 2.62. The van der Waals surface area contributed by atoms with Gasteiger partial charge in [0.05, 0.1) is 12.8 Å². The minimum absolute atomic E-state index is 0.147. The van der Waals surface area contributed by atoms with Gasteiger partial charge in [0.25, 0.3) is 5.56 Å². The minimum atomic E-state index is -0.158. The van der Waals surface area contributed by atoms with Gasteiger partial charge in [0.15, 0.2) is 0 Å². The summed E-state index contributed by atoms with van der Waals surface area (Å²) in [7, 11) is 1.62. The number of carbonyl (C=O) groups excluding carboxylic acids is 1. The first kappa shape index (κ1) is 16.5. The third-order valence-corrected chi connectivity index (χ3v) is 3.76. The van der Waals surface area contributed by atoms with E-state index in [2.05, 4.69) is 5.32 Å². The fraction of sp³-hybridized carbons (Fsp3) is 0.100. The molecule has 0 saturated heterocycles. The molecule has 1 amide bonds. The SMILES string of the molecule is COc1cccc(-c2ccc(=O)n(-c3cccc(NC(C)=O)c3)c2)c1. The normalized spacial score (nSPS) is 10.3. The maximum Gasteiger partial charge on any atom is 0.255 e. The van der Waals surface area contributed by atoms with E-state index in [0.717, 1.165) is 16.9 Å². The maximum atomic E-state index is 12.3. The van der Waals surface area contributed by atoms with Crippen LogP contribution in [0, 0.1) is 0 Å². The first-order chi connectivity index (χ1) is 12.1. The molecule has 5 heteroatoms. The molecule has 3 aromatic rings. The Kier molecular flexibility index (Phi) is 4.66. The van der Waals surface area contributed by atoms with Crippen LogP contribution in [-0.2, 0) is 4.79 Å². The molecule has 2 aromatic carbocycles. The Hall–Kier alpha value is -3.34. The molecule has 0 spiro atoms. The van der Waals surface area contributed by atoms with Gasteiger partial charge in [0.2, 0.25) is 5.91 Å². The number of rotatable bonds is 4. The molecule has 0 unspecified atom stereocenters. The van der Waals surface area contributed by atoms with Gasteiger partial charge >= 0.3 is 0 Å². The summed E-state index contributed by atoms with van der Waals surface area (Å²) < 4.78 is 6.81. The van der Waals surface area contributed by atoms with Crippen LogP contribution in [0.25, 0.3) is 16.8 Å². The van der Waals surface area contributed by atoms with Crippen LogP contribution < -0.4 is 15.6 Å². The monoisotopic (exact) mass is 334 g/mol. The number of pyridine rings is 1. The van der Waals surface area contributed by atoms with Crippen LogP contribution in [-0.4, -0.2) is 17.6 Å². The second kappa shape index (κ2) is 7.05. The Labute approximate surface area is 145 Å². The van der Waals surface area contributed by atoms with Crippen molar-refractivity contribution in [3.8, 4) is 22.6 Å². The molecule has 0 atom stereocenters. The number of hydrogen-bond donors (Lipinski definition) is 1. The number of aromatic nitrogens is 1. The summed E-state index contributed by atoms with van der Waals surface area (Å²) >= 11 is 0. The summed E-state index contributed by atoms with van der Waals surface area (Å²) in [6.45, 7) is 1.45. The fourth-order valence-corrected chi connectivity index (χ4v) is 2.60. The largest absolute Gasteiger partial charge is 0.497 e. The molecular weight excluding hydrogens is 316 g/mol. The lowest BCUT2D eigenvalue weighted by molar-refractivity contribution is -0.114. The molecule has 3 rings (SSSR count). The van der Waals surface area contributed by atoms with E-state index in [0.29, 0.717) is 11.4 Å². The molecule has 1 N–H and O–H groups in total. The Balaban J connectivity index is 2.05. The van der Waals surface area contributed by atoms with Gasteiger partial charge in [-0.05, 0) is 47.5 Å². The number of nitrogens with zero attached hydrogens (tertiary/aromatic N) is 1. The maximum absolute atomic E-state index is 12.3. The summed E-state index contributed by atoms with van der Waals surface area (Å²) in [5.74, 6) is 0.595. The van der Waals surface area contributed by atoms with E-state index in [-0.39, 0.29) is 11.5 Å². The lowest BCUT2D eigenvalue weighted by atomic mass is 10.1. The van der Waals surface area contributed by atoms with Crippen molar-refractivity contribution in [2.45, 2.75) is 6.92 Å². The van der Waals surface area contributed by atoms with Gasteiger partial charge in [-0.3, -0.25) is 14.2 Å². The number of carbonyl (C=O) groups is 1. The van der Waals surface area contributed by atoms with Crippen LogP contribution in [0.5, 0.6) is 5.75 Å². The van der Waals surface area contributed by atoms with Crippen LogP contribution in [0.15, 0.2) is 71.7 Å². The van der Waals surface area contributed by atoms with Crippen molar-refractivity contribution < 1.29 is 9.53 Å². The predicted octanol–water partition coefficient (Wildman–Crippen LogP) is 3.47. The molecule has 126 valence electrons. The molecule has 1 aromatic heterocycles. The van der Waals surface area contributed by atoms with Crippen molar-refractivity contribution in [2.24, 2.45) is 0 Å². The number of nitrogens with one attached hydrogen (secondary N) is 1. The second-order valence-electron chi connectivity index (χ2n) is 5.59. The molecular formula is C20H18N2O3. The minimum Gasteiger partial charge on any atom is -0.497 e. The van der Waals surface area contributed by atoms with E-state index >= 15 is 0 Å². The highest BCUT2D eigenvalue weighted by Gasteiger charge is 2.06. The van der Waals surface area contributed by atoms with Gasteiger partial charge in [0, 0.05) is 24.9 Å². The van der Waals surface area contributed by atoms with Crippen LogP contribution in [0.3, 0.4) is 0 Å². The summed E-state index contributed by atoms with van der Waals surface area (Å²) in [6.07, 6.45) is 1.78. The van der Waals surface area contributed by atoms with Crippen molar-refractivity contribution in [1.29, 1.82) is 0 Å². The van der Waals surface area contributed by atoms with Gasteiger partial charge in [-0.1, -0.05) is 18.2 Å². The van der Waals surface area contributed by atoms with E-state index in [1.165, 1.54) is 13.0 Å². The highest BCUT2D eigenvalue weighted by Crippen LogP contribution is 2.24. The smallest absolute Gasteiger partial charge is 0.255 e. The topological polar surface area (TPSA) is 60.3 Å². The van der Waals surface area contributed by atoms with E-state index < -0.39 is 0 Å². The van der Waals surface area contributed by atoms with Crippen LogP contribution in [0.1, 0.15) is 6.92 Å². The Bertz CT molecular complexity index is 976. The third-order valence-electron chi connectivity index (χ3n) is 3.76. The lowest BCUT2D eigenvalue weighted by Gasteiger charge is -2.11. The second-order valence-corrected chi connectivity index (χ2v) is 5.59. The first-order valence-electron chi connectivity index (χ1n) is 7.82. The molecule has 0 aliphatic carbocycles. The van der Waals surface area contributed by atoms with Gasteiger partial charge in [-0.15, -0.1) is 0 Å². The van der Waals surface area contributed by atoms with Crippen LogP contribution in [0.4, 0.5) is 5.69 Å². The first-order valence-corrected chi connectivity index (χ1v) is 7.82. The number of methoxy groups -OCH3 is 1. The molecule has 0 aliphatic heterocycles.